The van der Waals surface area contributed by atoms with Crippen molar-refractivity contribution >= 4 is 99.3 Å². The Balaban J connectivity index is 0.00000108. The number of alkyl halides is 1. The van der Waals surface area contributed by atoms with E-state index in [1.807, 2.05) is 27.7 Å². The zero-order chi connectivity index (χ0) is 61.4. The summed E-state index contributed by atoms with van der Waals surface area (Å²) in [5, 5.41) is 19.1. The number of aliphatic hydroxyl groups excluding tert-OH is 1. The van der Waals surface area contributed by atoms with Gasteiger partial charge >= 0.3 is 11.9 Å². The summed E-state index contributed by atoms with van der Waals surface area (Å²) in [4.78, 5) is 59.0. The molecular formula is C64H72Cl3F3IO11-. The van der Waals surface area contributed by atoms with Crippen molar-refractivity contribution < 1.29 is 66.3 Å². The summed E-state index contributed by atoms with van der Waals surface area (Å²) in [6, 6.07) is 31.9. The summed E-state index contributed by atoms with van der Waals surface area (Å²) in [5.74, 6) is -4.29. The van der Waals surface area contributed by atoms with Crippen LogP contribution in [0.5, 0.6) is 0 Å². The van der Waals surface area contributed by atoms with Gasteiger partial charge in [0.25, 0.3) is 0 Å². The lowest BCUT2D eigenvalue weighted by atomic mass is 9.88. The molecule has 0 amide bonds. The third kappa shape index (κ3) is 26.7. The molecule has 6 aromatic rings. The minimum atomic E-state index is -1.11. The van der Waals surface area contributed by atoms with E-state index in [2.05, 4.69) is 34.3 Å². The van der Waals surface area contributed by atoms with Crippen molar-refractivity contribution in [1.82, 2.24) is 0 Å². The second-order valence-corrected chi connectivity index (χ2v) is 20.3. The van der Waals surface area contributed by atoms with Crippen LogP contribution in [0.3, 0.4) is 0 Å². The molecule has 1 N–H and O–H groups in total. The third-order valence-corrected chi connectivity index (χ3v) is 11.7. The van der Waals surface area contributed by atoms with Crippen molar-refractivity contribution in [3.05, 3.63) is 222 Å². The molecule has 444 valence electrons. The normalized spacial score (nSPS) is 11.3. The molecule has 0 saturated carbocycles. The summed E-state index contributed by atoms with van der Waals surface area (Å²) in [5.41, 5.74) is 4.67. The Morgan fingerprint density at radius 3 is 1.37 bits per heavy atom. The maximum atomic E-state index is 13.3. The molecule has 0 fully saturated rings. The predicted octanol–water partition coefficient (Wildman–Crippen LogP) is 17.4. The molecule has 0 aliphatic heterocycles. The first kappa shape index (κ1) is 75.7. The standard InChI is InChI=1S/C23H24ClFO3.C17H14ClFO2.C11H14O4.C8H6ClFO2.C2H5I.C2H6.CH4/c1-5-18(19-12-11-17(25)14-20(19)24)22(27)16-9-6-15(7-10-16)8-13-21(26)28-23(2,3)4;1-2-14(15-8-7-13(19)9-16(15)18)17(21)12-5-3-11(10-20)4-6-12;1-13-10(12)8-4-6-9(7-5-8)11(14-2)15-3;9-7-4-6(10)2-1-5(7)3-8(11)12;1-2-3;1-2;/h6-14,18H,5H2,1-4H3;3-10,14H,2H2,1H3;4-7,11H,1-3H3;1-4,11-12H;2H2,1H3;1-2H3;1H4/p-1/b13-8+;;;;;;. The summed E-state index contributed by atoms with van der Waals surface area (Å²) in [6.07, 6.45) is 5.33. The average molecular weight is 1310 g/mol. The van der Waals surface area contributed by atoms with E-state index in [-0.39, 0.29) is 40.0 Å². The van der Waals surface area contributed by atoms with Gasteiger partial charge in [0, 0.05) is 70.4 Å². The van der Waals surface area contributed by atoms with E-state index < -0.39 is 53.1 Å². The summed E-state index contributed by atoms with van der Waals surface area (Å²) >= 11 is 20.0. The second kappa shape index (κ2) is 40.0. The zero-order valence-corrected chi connectivity index (χ0v) is 51.4. The van der Waals surface area contributed by atoms with Gasteiger partial charge in [0.2, 0.25) is 0 Å². The van der Waals surface area contributed by atoms with E-state index in [0.717, 1.165) is 35.6 Å². The van der Waals surface area contributed by atoms with Crippen LogP contribution < -0.4 is 5.11 Å². The Kier molecular flexibility index (Phi) is 36.9. The molecule has 0 spiro atoms. The zero-order valence-electron chi connectivity index (χ0n) is 47.0. The van der Waals surface area contributed by atoms with Crippen LogP contribution in [0.2, 0.25) is 15.1 Å². The smallest absolute Gasteiger partial charge is 0.337 e. The molecule has 6 aromatic carbocycles. The number of aldehydes is 1. The number of hydrogen-bond acceptors (Lipinski definition) is 11. The first-order valence-electron chi connectivity index (χ1n) is 25.3. The number of carbonyl (C=O) groups is 5. The van der Waals surface area contributed by atoms with Crippen molar-refractivity contribution in [3.63, 3.8) is 0 Å². The number of ether oxygens (including phenoxy) is 4. The van der Waals surface area contributed by atoms with E-state index in [1.165, 1.54) is 47.9 Å². The number of hydrogen-bond donors (Lipinski definition) is 1. The molecule has 0 aromatic heterocycles. The summed E-state index contributed by atoms with van der Waals surface area (Å²) in [7, 11) is 4.47. The van der Waals surface area contributed by atoms with Gasteiger partial charge in [-0.1, -0.05) is 178 Å². The quantitative estimate of drug-likeness (QED) is 0.0143. The molecule has 0 aliphatic rings. The van der Waals surface area contributed by atoms with Crippen molar-refractivity contribution in [2.45, 2.75) is 99.4 Å². The Morgan fingerprint density at radius 2 is 1.02 bits per heavy atom. The fourth-order valence-electron chi connectivity index (χ4n) is 7.06. The molecule has 2 unspecified atom stereocenters. The summed E-state index contributed by atoms with van der Waals surface area (Å²) in [6.45, 7) is 15.3. The lowest BCUT2D eigenvalue weighted by molar-refractivity contribution is -0.345. The molecule has 0 radical (unpaired) electrons. The maximum Gasteiger partial charge on any atom is 0.337 e. The minimum Gasteiger partial charge on any atom is -0.629 e. The van der Waals surface area contributed by atoms with E-state index in [4.69, 9.17) is 54.1 Å². The van der Waals surface area contributed by atoms with Gasteiger partial charge in [-0.05, 0) is 121 Å². The molecule has 18 heteroatoms. The highest BCUT2D eigenvalue weighted by Crippen LogP contribution is 2.32. The maximum absolute atomic E-state index is 13.3. The molecule has 2 atom stereocenters. The van der Waals surface area contributed by atoms with Gasteiger partial charge in [0.05, 0.1) is 17.7 Å². The summed E-state index contributed by atoms with van der Waals surface area (Å²) < 4.78 is 60.0. The minimum absolute atomic E-state index is 0. The number of halogens is 7. The highest BCUT2D eigenvalue weighted by atomic mass is 127. The highest BCUT2D eigenvalue weighted by Gasteiger charge is 2.24. The van der Waals surface area contributed by atoms with Crippen LogP contribution in [-0.4, -0.2) is 66.3 Å². The van der Waals surface area contributed by atoms with E-state index in [1.54, 1.807) is 126 Å². The fourth-order valence-corrected chi connectivity index (χ4v) is 7.88. The van der Waals surface area contributed by atoms with Crippen LogP contribution in [0.1, 0.15) is 163 Å². The Bertz CT molecular complexity index is 2980. The molecule has 82 heavy (non-hydrogen) atoms. The largest absolute Gasteiger partial charge is 0.629 e. The predicted molar refractivity (Wildman–Crippen MR) is 330 cm³/mol. The number of rotatable bonds is 16. The Morgan fingerprint density at radius 1 is 0.634 bits per heavy atom. The van der Waals surface area contributed by atoms with Crippen LogP contribution in [-0.2, 0) is 23.7 Å². The number of carbonyl (C=O) groups excluding carboxylic acids is 5. The van der Waals surface area contributed by atoms with Gasteiger partial charge in [0.1, 0.15) is 29.3 Å². The molecule has 0 aliphatic carbocycles. The SMILES string of the molecule is C.CC.CCC(C(=O)c1ccc(/C=C/C(=O)OC(C)(C)C)cc1)c1ccc(F)cc1Cl.CCC(C(=O)c1ccc(C=O)cc1)c1ccc(F)cc1Cl.CCI.COC(=O)c1ccc(C(OC)OC)cc1.[O-]C(O)=Cc1ccc(F)cc1Cl. The lowest BCUT2D eigenvalue weighted by Gasteiger charge is -2.17. The first-order valence-corrected chi connectivity index (χ1v) is 27.9. The van der Waals surface area contributed by atoms with Gasteiger partial charge in [-0.2, -0.15) is 0 Å². The van der Waals surface area contributed by atoms with E-state index in [0.29, 0.717) is 51.8 Å². The molecule has 0 heterocycles. The van der Waals surface area contributed by atoms with Gasteiger partial charge in [-0.15, -0.1) is 0 Å². The molecule has 6 rings (SSSR count). The van der Waals surface area contributed by atoms with Crippen LogP contribution >= 0.6 is 57.4 Å². The number of esters is 2. The number of Topliss-reactive ketones (excluding diaryl/α,β-unsaturated/α-hetero) is 2. The second-order valence-electron chi connectivity index (χ2n) is 17.5. The molecule has 11 nitrogen and oxygen atoms in total. The number of aliphatic hydroxyl groups is 1. The van der Waals surface area contributed by atoms with Gasteiger partial charge < -0.3 is 29.2 Å². The van der Waals surface area contributed by atoms with E-state index >= 15 is 0 Å². The number of methoxy groups -OCH3 is 3. The topological polar surface area (TPSA) is 166 Å². The van der Waals surface area contributed by atoms with Gasteiger partial charge in [-0.3, -0.25) is 14.4 Å². The van der Waals surface area contributed by atoms with Crippen LogP contribution in [0, 0.1) is 17.5 Å². The monoisotopic (exact) mass is 1310 g/mol. The fraction of sp³-hybridized carbons (Fsp3) is 0.297. The van der Waals surface area contributed by atoms with Crippen LogP contribution in [0.4, 0.5) is 13.2 Å². The Labute approximate surface area is 509 Å². The van der Waals surface area contributed by atoms with Crippen molar-refractivity contribution in [1.29, 1.82) is 0 Å². The van der Waals surface area contributed by atoms with Crippen molar-refractivity contribution in [2.24, 2.45) is 0 Å². The third-order valence-electron chi connectivity index (χ3n) is 10.7. The van der Waals surface area contributed by atoms with Gasteiger partial charge in [0.15, 0.2) is 17.9 Å². The van der Waals surface area contributed by atoms with E-state index in [9.17, 15) is 42.3 Å². The first-order chi connectivity index (χ1) is 38.4. The van der Waals surface area contributed by atoms with Crippen molar-refractivity contribution in [2.75, 3.05) is 25.8 Å². The molecular weight excluding hydrogens is 1230 g/mol. The van der Waals surface area contributed by atoms with Crippen LogP contribution in [0.25, 0.3) is 12.2 Å². The highest BCUT2D eigenvalue weighted by molar-refractivity contribution is 14.1. The van der Waals surface area contributed by atoms with Crippen molar-refractivity contribution in [3.8, 4) is 0 Å². The lowest BCUT2D eigenvalue weighted by Crippen LogP contribution is -2.22. The molecule has 0 bridgehead atoms. The van der Waals surface area contributed by atoms with Gasteiger partial charge in [-0.25, -0.2) is 22.8 Å². The average Bonchev–Trinajstić information content (AvgIpc) is 3.57. The number of ketones is 2. The van der Waals surface area contributed by atoms with Crippen LogP contribution in [0.15, 0.2) is 139 Å². The molecule has 0 saturated heterocycles. The Hall–Kier alpha value is -6.34. The number of benzene rings is 6.